The average Bonchev–Trinajstić information content (AvgIpc) is 2.87. The summed E-state index contributed by atoms with van der Waals surface area (Å²) in [6.45, 7) is 0.785. The lowest BCUT2D eigenvalue weighted by atomic mass is 10.0. The van der Waals surface area contributed by atoms with Crippen molar-refractivity contribution in [1.82, 2.24) is 10.2 Å². The number of hydrogen-bond donors (Lipinski definition) is 1. The molecule has 3 aromatic rings. The van der Waals surface area contributed by atoms with E-state index in [2.05, 4.69) is 5.32 Å². The van der Waals surface area contributed by atoms with E-state index in [1.807, 2.05) is 60.7 Å². The van der Waals surface area contributed by atoms with Crippen LogP contribution < -0.4 is 10.1 Å². The van der Waals surface area contributed by atoms with Crippen LogP contribution in [0.2, 0.25) is 5.02 Å². The summed E-state index contributed by atoms with van der Waals surface area (Å²) in [4.78, 5) is 28.3. The number of methoxy groups -OCH3 is 1. The van der Waals surface area contributed by atoms with Gasteiger partial charge in [-0.15, -0.1) is 0 Å². The Morgan fingerprint density at radius 2 is 1.56 bits per heavy atom. The molecule has 0 saturated heterocycles. The third kappa shape index (κ3) is 7.90. The highest BCUT2D eigenvalue weighted by Crippen LogP contribution is 2.17. The van der Waals surface area contributed by atoms with E-state index in [4.69, 9.17) is 21.1 Å². The summed E-state index contributed by atoms with van der Waals surface area (Å²) in [5.74, 6) is 0.0519. The molecule has 1 atom stereocenters. The highest BCUT2D eigenvalue weighted by Gasteiger charge is 2.30. The van der Waals surface area contributed by atoms with Crippen molar-refractivity contribution in [3.8, 4) is 5.75 Å². The third-order valence-electron chi connectivity index (χ3n) is 5.25. The maximum Gasteiger partial charge on any atom is 0.261 e. The third-order valence-corrected chi connectivity index (χ3v) is 5.50. The van der Waals surface area contributed by atoms with Crippen molar-refractivity contribution in [1.29, 1.82) is 0 Å². The van der Waals surface area contributed by atoms with Crippen LogP contribution in [-0.2, 0) is 27.3 Å². The highest BCUT2D eigenvalue weighted by molar-refractivity contribution is 6.30. The Morgan fingerprint density at radius 3 is 2.21 bits per heavy atom. The summed E-state index contributed by atoms with van der Waals surface area (Å²) in [7, 11) is 1.57. The molecular formula is C27H29ClN2O4. The number of ether oxygens (including phenoxy) is 2. The van der Waals surface area contributed by atoms with Crippen LogP contribution in [-0.4, -0.2) is 49.6 Å². The van der Waals surface area contributed by atoms with E-state index in [1.165, 1.54) is 0 Å². The molecule has 0 aliphatic heterocycles. The Kier molecular flexibility index (Phi) is 9.95. The van der Waals surface area contributed by atoms with E-state index < -0.39 is 6.04 Å². The molecule has 6 nitrogen and oxygen atoms in total. The lowest BCUT2D eigenvalue weighted by Crippen LogP contribution is -2.52. The molecule has 178 valence electrons. The molecule has 0 bridgehead atoms. The fourth-order valence-electron chi connectivity index (χ4n) is 3.48. The summed E-state index contributed by atoms with van der Waals surface area (Å²) in [5.41, 5.74) is 1.81. The number of hydrogen-bond acceptors (Lipinski definition) is 4. The molecule has 0 aliphatic carbocycles. The van der Waals surface area contributed by atoms with Crippen LogP contribution in [0.15, 0.2) is 84.9 Å². The van der Waals surface area contributed by atoms with Gasteiger partial charge in [0.05, 0.1) is 6.61 Å². The summed E-state index contributed by atoms with van der Waals surface area (Å²) >= 11 is 6.04. The zero-order valence-electron chi connectivity index (χ0n) is 19.2. The molecule has 2 amide bonds. The molecule has 0 saturated carbocycles. The largest absolute Gasteiger partial charge is 0.484 e. The molecule has 1 N–H and O–H groups in total. The Balaban J connectivity index is 1.86. The number of rotatable bonds is 12. The highest BCUT2D eigenvalue weighted by atomic mass is 35.5. The van der Waals surface area contributed by atoms with E-state index in [-0.39, 0.29) is 25.0 Å². The van der Waals surface area contributed by atoms with E-state index in [1.54, 1.807) is 36.3 Å². The monoisotopic (exact) mass is 480 g/mol. The lowest BCUT2D eigenvalue weighted by Gasteiger charge is -2.31. The van der Waals surface area contributed by atoms with Crippen molar-refractivity contribution < 1.29 is 19.1 Å². The Morgan fingerprint density at radius 1 is 0.912 bits per heavy atom. The van der Waals surface area contributed by atoms with Crippen molar-refractivity contribution in [3.63, 3.8) is 0 Å². The summed E-state index contributed by atoms with van der Waals surface area (Å²) in [6.07, 6.45) is 0.365. The van der Waals surface area contributed by atoms with Gasteiger partial charge < -0.3 is 19.7 Å². The Hall–Kier alpha value is -3.35. The molecular weight excluding hydrogens is 452 g/mol. The van der Waals surface area contributed by atoms with Crippen LogP contribution in [0.5, 0.6) is 5.75 Å². The second kappa shape index (κ2) is 13.4. The first-order valence-electron chi connectivity index (χ1n) is 11.1. The molecule has 3 rings (SSSR count). The quantitative estimate of drug-likeness (QED) is 0.396. The second-order valence-electron chi connectivity index (χ2n) is 7.74. The summed E-state index contributed by atoms with van der Waals surface area (Å²) < 4.78 is 10.8. The molecule has 0 heterocycles. The van der Waals surface area contributed by atoms with Crippen LogP contribution in [0.1, 0.15) is 11.1 Å². The van der Waals surface area contributed by atoms with Crippen molar-refractivity contribution in [2.75, 3.05) is 26.9 Å². The molecule has 3 aromatic carbocycles. The van der Waals surface area contributed by atoms with Gasteiger partial charge in [-0.2, -0.15) is 0 Å². The minimum atomic E-state index is -0.734. The normalized spacial score (nSPS) is 11.5. The van der Waals surface area contributed by atoms with Crippen LogP contribution in [0, 0.1) is 0 Å². The molecule has 34 heavy (non-hydrogen) atoms. The van der Waals surface area contributed by atoms with Gasteiger partial charge in [-0.05, 0) is 35.4 Å². The van der Waals surface area contributed by atoms with Gasteiger partial charge in [0, 0.05) is 31.6 Å². The lowest BCUT2D eigenvalue weighted by molar-refractivity contribution is -0.142. The fraction of sp³-hybridized carbons (Fsp3) is 0.259. The topological polar surface area (TPSA) is 67.9 Å². The van der Waals surface area contributed by atoms with Crippen LogP contribution >= 0.6 is 11.6 Å². The predicted octanol–water partition coefficient (Wildman–Crippen LogP) is 4.12. The van der Waals surface area contributed by atoms with Gasteiger partial charge in [-0.3, -0.25) is 9.59 Å². The number of para-hydroxylation sites is 1. The number of carbonyl (C=O) groups is 2. The van der Waals surface area contributed by atoms with Gasteiger partial charge in [-0.1, -0.05) is 72.3 Å². The molecule has 0 aliphatic rings. The number of nitrogens with one attached hydrogen (secondary N) is 1. The molecule has 0 unspecified atom stereocenters. The first-order valence-corrected chi connectivity index (χ1v) is 11.5. The SMILES string of the molecule is COCCNC(=O)[C@H](Cc1ccccc1)N(Cc1ccc(Cl)cc1)C(=O)COc1ccccc1. The minimum absolute atomic E-state index is 0.186. The smallest absolute Gasteiger partial charge is 0.261 e. The van der Waals surface area contributed by atoms with Crippen molar-refractivity contribution in [2.24, 2.45) is 0 Å². The maximum atomic E-state index is 13.4. The number of nitrogens with zero attached hydrogens (tertiary/aromatic N) is 1. The van der Waals surface area contributed by atoms with Crippen molar-refractivity contribution in [2.45, 2.75) is 19.0 Å². The van der Waals surface area contributed by atoms with Gasteiger partial charge in [0.15, 0.2) is 6.61 Å². The van der Waals surface area contributed by atoms with Gasteiger partial charge in [-0.25, -0.2) is 0 Å². The zero-order valence-corrected chi connectivity index (χ0v) is 19.9. The Bertz CT molecular complexity index is 1030. The molecule has 0 fully saturated rings. The van der Waals surface area contributed by atoms with E-state index in [0.29, 0.717) is 30.3 Å². The second-order valence-corrected chi connectivity index (χ2v) is 8.18. The summed E-state index contributed by atoms with van der Waals surface area (Å²) in [5, 5.41) is 3.49. The predicted molar refractivity (Wildman–Crippen MR) is 133 cm³/mol. The van der Waals surface area contributed by atoms with Crippen LogP contribution in [0.25, 0.3) is 0 Å². The van der Waals surface area contributed by atoms with Gasteiger partial charge in [0.2, 0.25) is 5.91 Å². The number of benzene rings is 3. The minimum Gasteiger partial charge on any atom is -0.484 e. The van der Waals surface area contributed by atoms with Crippen LogP contribution in [0.4, 0.5) is 0 Å². The molecule has 7 heteroatoms. The first-order chi connectivity index (χ1) is 16.6. The number of halogens is 1. The number of carbonyl (C=O) groups excluding carboxylic acids is 2. The fourth-order valence-corrected chi connectivity index (χ4v) is 3.61. The Labute approximate surface area is 205 Å². The molecule has 0 radical (unpaired) electrons. The maximum absolute atomic E-state index is 13.4. The van der Waals surface area contributed by atoms with Crippen LogP contribution in [0.3, 0.4) is 0 Å². The van der Waals surface area contributed by atoms with E-state index in [9.17, 15) is 9.59 Å². The average molecular weight is 481 g/mol. The molecule has 0 spiro atoms. The van der Waals surface area contributed by atoms with Gasteiger partial charge in [0.25, 0.3) is 5.91 Å². The van der Waals surface area contributed by atoms with Crippen molar-refractivity contribution in [3.05, 3.63) is 101 Å². The van der Waals surface area contributed by atoms with E-state index >= 15 is 0 Å². The summed E-state index contributed by atoms with van der Waals surface area (Å²) in [6, 6.07) is 25.3. The van der Waals surface area contributed by atoms with E-state index in [0.717, 1.165) is 11.1 Å². The first kappa shape index (κ1) is 25.3. The van der Waals surface area contributed by atoms with Crippen molar-refractivity contribution >= 4 is 23.4 Å². The molecule has 0 aromatic heterocycles. The van der Waals surface area contributed by atoms with Gasteiger partial charge >= 0.3 is 0 Å². The standard InChI is InChI=1S/C27H29ClN2O4/c1-33-17-16-29-27(32)25(18-21-8-4-2-5-9-21)30(19-22-12-14-23(28)15-13-22)26(31)20-34-24-10-6-3-7-11-24/h2-15,25H,16-20H2,1H3,(H,29,32)/t25-/m0/s1. The van der Waals surface area contributed by atoms with Gasteiger partial charge in [0.1, 0.15) is 11.8 Å². The number of amides is 2. The zero-order chi connectivity index (χ0) is 24.2.